The van der Waals surface area contributed by atoms with E-state index in [1.54, 1.807) is 0 Å². The van der Waals surface area contributed by atoms with Crippen LogP contribution in [0.25, 0.3) is 0 Å². The molecular formula is C12H18O2. The number of carboxylic acids is 1. The van der Waals surface area contributed by atoms with Crippen molar-refractivity contribution in [2.24, 2.45) is 11.8 Å². The van der Waals surface area contributed by atoms with Crippen LogP contribution >= 0.6 is 0 Å². The largest absolute Gasteiger partial charge is 0.481 e. The monoisotopic (exact) mass is 194 g/mol. The second kappa shape index (κ2) is 4.16. The van der Waals surface area contributed by atoms with Crippen molar-refractivity contribution in [2.75, 3.05) is 0 Å². The number of hydrogen-bond acceptors (Lipinski definition) is 1. The Balaban J connectivity index is 1.79. The Morgan fingerprint density at radius 3 is 2.43 bits per heavy atom. The SMILES string of the molecule is O=C(O)C1CC(=CC2CCCCC2)C1. The van der Waals surface area contributed by atoms with Gasteiger partial charge in [0.05, 0.1) is 5.92 Å². The van der Waals surface area contributed by atoms with E-state index >= 15 is 0 Å². The molecule has 14 heavy (non-hydrogen) atoms. The second-order valence-electron chi connectivity index (χ2n) is 4.67. The molecular weight excluding hydrogens is 176 g/mol. The van der Waals surface area contributed by atoms with Crippen LogP contribution in [0.4, 0.5) is 0 Å². The van der Waals surface area contributed by atoms with Gasteiger partial charge in [-0.1, -0.05) is 30.9 Å². The van der Waals surface area contributed by atoms with Crippen molar-refractivity contribution in [1.82, 2.24) is 0 Å². The number of rotatable bonds is 2. The van der Waals surface area contributed by atoms with Gasteiger partial charge in [0.15, 0.2) is 0 Å². The van der Waals surface area contributed by atoms with Gasteiger partial charge in [0.25, 0.3) is 0 Å². The van der Waals surface area contributed by atoms with Crippen LogP contribution in [0.2, 0.25) is 0 Å². The quantitative estimate of drug-likeness (QED) is 0.686. The Morgan fingerprint density at radius 2 is 1.86 bits per heavy atom. The molecule has 2 rings (SSSR count). The lowest BCUT2D eigenvalue weighted by molar-refractivity contribution is -0.143. The van der Waals surface area contributed by atoms with Gasteiger partial charge in [-0.05, 0) is 31.6 Å². The third kappa shape index (κ3) is 2.17. The van der Waals surface area contributed by atoms with E-state index in [4.69, 9.17) is 5.11 Å². The lowest BCUT2D eigenvalue weighted by Gasteiger charge is -2.28. The number of hydrogen-bond donors (Lipinski definition) is 1. The van der Waals surface area contributed by atoms with E-state index in [-0.39, 0.29) is 5.92 Å². The molecule has 0 heterocycles. The zero-order valence-electron chi connectivity index (χ0n) is 8.54. The predicted octanol–water partition coefficient (Wildman–Crippen LogP) is 2.99. The molecule has 2 aliphatic carbocycles. The standard InChI is InChI=1S/C12H18O2/c13-12(14)11-7-10(8-11)6-9-4-2-1-3-5-9/h6,9,11H,1-5,7-8H2,(H,13,14). The highest BCUT2D eigenvalue weighted by molar-refractivity contribution is 5.72. The minimum atomic E-state index is -0.620. The highest BCUT2D eigenvalue weighted by atomic mass is 16.4. The maximum absolute atomic E-state index is 10.6. The molecule has 0 aromatic carbocycles. The van der Waals surface area contributed by atoms with Crippen LogP contribution in [0.1, 0.15) is 44.9 Å². The van der Waals surface area contributed by atoms with E-state index < -0.39 is 5.97 Å². The van der Waals surface area contributed by atoms with Crippen molar-refractivity contribution < 1.29 is 9.90 Å². The van der Waals surface area contributed by atoms with Gasteiger partial charge in [-0.25, -0.2) is 0 Å². The highest BCUT2D eigenvalue weighted by Gasteiger charge is 2.29. The van der Waals surface area contributed by atoms with Gasteiger partial charge in [0.2, 0.25) is 0 Å². The third-order valence-corrected chi connectivity index (χ3v) is 3.49. The maximum Gasteiger partial charge on any atom is 0.307 e. The van der Waals surface area contributed by atoms with E-state index in [9.17, 15) is 4.79 Å². The lowest BCUT2D eigenvalue weighted by atomic mass is 9.77. The average molecular weight is 194 g/mol. The summed E-state index contributed by atoms with van der Waals surface area (Å²) in [5.74, 6) is 0.0594. The van der Waals surface area contributed by atoms with E-state index in [0.717, 1.165) is 18.8 Å². The summed E-state index contributed by atoms with van der Waals surface area (Å²) < 4.78 is 0. The summed E-state index contributed by atoms with van der Waals surface area (Å²) in [4.78, 5) is 10.6. The van der Waals surface area contributed by atoms with Crippen molar-refractivity contribution in [2.45, 2.75) is 44.9 Å². The fraction of sp³-hybridized carbons (Fsp3) is 0.750. The Labute approximate surface area is 85.0 Å². The summed E-state index contributed by atoms with van der Waals surface area (Å²) >= 11 is 0. The molecule has 0 spiro atoms. The van der Waals surface area contributed by atoms with Crippen LogP contribution in [0.5, 0.6) is 0 Å². The van der Waals surface area contributed by atoms with Crippen molar-refractivity contribution >= 4 is 5.97 Å². The first-order chi connectivity index (χ1) is 6.75. The normalized spacial score (nSPS) is 28.3. The molecule has 2 aliphatic rings. The zero-order valence-corrected chi connectivity index (χ0v) is 8.54. The van der Waals surface area contributed by atoms with Crippen molar-refractivity contribution in [3.05, 3.63) is 11.6 Å². The summed E-state index contributed by atoms with van der Waals surface area (Å²) in [5.41, 5.74) is 1.39. The van der Waals surface area contributed by atoms with Gasteiger partial charge in [0, 0.05) is 0 Å². The van der Waals surface area contributed by atoms with Crippen LogP contribution < -0.4 is 0 Å². The molecule has 0 radical (unpaired) electrons. The Hall–Kier alpha value is -0.790. The van der Waals surface area contributed by atoms with Gasteiger partial charge in [0.1, 0.15) is 0 Å². The first kappa shape index (κ1) is 9.75. The molecule has 2 nitrogen and oxygen atoms in total. The van der Waals surface area contributed by atoms with E-state index in [1.807, 2.05) is 0 Å². The van der Waals surface area contributed by atoms with E-state index in [1.165, 1.54) is 37.7 Å². The Morgan fingerprint density at radius 1 is 1.21 bits per heavy atom. The summed E-state index contributed by atoms with van der Waals surface area (Å²) in [7, 11) is 0. The second-order valence-corrected chi connectivity index (χ2v) is 4.67. The van der Waals surface area contributed by atoms with Crippen LogP contribution in [0.15, 0.2) is 11.6 Å². The number of allylic oxidation sites excluding steroid dienone is 2. The minimum Gasteiger partial charge on any atom is -0.481 e. The minimum absolute atomic E-state index is 0.0789. The number of aliphatic carboxylic acids is 1. The van der Waals surface area contributed by atoms with Gasteiger partial charge >= 0.3 is 5.97 Å². The Kier molecular flexibility index (Phi) is 2.90. The molecule has 0 saturated heterocycles. The molecule has 78 valence electrons. The van der Waals surface area contributed by atoms with Gasteiger partial charge in [-0.2, -0.15) is 0 Å². The third-order valence-electron chi connectivity index (χ3n) is 3.49. The molecule has 0 bridgehead atoms. The molecule has 1 N–H and O–H groups in total. The van der Waals surface area contributed by atoms with Gasteiger partial charge in [-0.3, -0.25) is 4.79 Å². The number of carbonyl (C=O) groups is 1. The van der Waals surface area contributed by atoms with Crippen LogP contribution in [0.3, 0.4) is 0 Å². The predicted molar refractivity (Wildman–Crippen MR) is 55.0 cm³/mol. The van der Waals surface area contributed by atoms with Crippen molar-refractivity contribution in [3.63, 3.8) is 0 Å². The van der Waals surface area contributed by atoms with E-state index in [0.29, 0.717) is 0 Å². The first-order valence-corrected chi connectivity index (χ1v) is 5.68. The molecule has 0 amide bonds. The first-order valence-electron chi connectivity index (χ1n) is 5.68. The fourth-order valence-electron chi connectivity index (χ4n) is 2.52. The highest BCUT2D eigenvalue weighted by Crippen LogP contribution is 2.36. The van der Waals surface area contributed by atoms with E-state index in [2.05, 4.69) is 6.08 Å². The molecule has 0 aromatic rings. The lowest BCUT2D eigenvalue weighted by Crippen LogP contribution is -2.24. The molecule has 0 unspecified atom stereocenters. The summed E-state index contributed by atoms with van der Waals surface area (Å²) in [6.07, 6.45) is 10.7. The molecule has 0 atom stereocenters. The summed E-state index contributed by atoms with van der Waals surface area (Å²) in [5, 5.41) is 8.73. The molecule has 2 fully saturated rings. The summed E-state index contributed by atoms with van der Waals surface area (Å²) in [6.45, 7) is 0. The molecule has 2 saturated carbocycles. The van der Waals surface area contributed by atoms with Crippen molar-refractivity contribution in [1.29, 1.82) is 0 Å². The number of carboxylic acid groups (broad SMARTS) is 1. The van der Waals surface area contributed by atoms with Crippen LogP contribution in [0, 0.1) is 11.8 Å². The average Bonchev–Trinajstić information content (AvgIpc) is 2.12. The smallest absolute Gasteiger partial charge is 0.307 e. The van der Waals surface area contributed by atoms with Crippen LogP contribution in [-0.2, 0) is 4.79 Å². The Bertz CT molecular complexity index is 241. The topological polar surface area (TPSA) is 37.3 Å². The van der Waals surface area contributed by atoms with Crippen molar-refractivity contribution in [3.8, 4) is 0 Å². The zero-order chi connectivity index (χ0) is 9.97. The molecule has 0 aliphatic heterocycles. The molecule has 2 heteroatoms. The molecule has 0 aromatic heterocycles. The van der Waals surface area contributed by atoms with Crippen LogP contribution in [-0.4, -0.2) is 11.1 Å². The fourth-order valence-corrected chi connectivity index (χ4v) is 2.52. The van der Waals surface area contributed by atoms with Gasteiger partial charge in [-0.15, -0.1) is 0 Å². The van der Waals surface area contributed by atoms with Gasteiger partial charge < -0.3 is 5.11 Å². The summed E-state index contributed by atoms with van der Waals surface area (Å²) in [6, 6.07) is 0. The maximum atomic E-state index is 10.6.